The summed E-state index contributed by atoms with van der Waals surface area (Å²) in [5, 5.41) is 13.2. The predicted octanol–water partition coefficient (Wildman–Crippen LogP) is 5.49. The average Bonchev–Trinajstić information content (AvgIpc) is 3.43. The molecule has 32 heavy (non-hydrogen) atoms. The van der Waals surface area contributed by atoms with Crippen LogP contribution in [0.3, 0.4) is 0 Å². The molecule has 6 atom stereocenters. The van der Waals surface area contributed by atoms with E-state index in [2.05, 4.69) is 47.6 Å². The maximum Gasteiger partial charge on any atom is 0.308 e. The molecule has 3 aromatic rings. The van der Waals surface area contributed by atoms with Gasteiger partial charge in [0.1, 0.15) is 0 Å². The highest BCUT2D eigenvalue weighted by Gasteiger charge is 2.56. The van der Waals surface area contributed by atoms with E-state index in [9.17, 15) is 14.7 Å². The van der Waals surface area contributed by atoms with E-state index in [0.29, 0.717) is 12.3 Å². The Bertz CT molecular complexity index is 1180. The molecule has 4 heterocycles. The van der Waals surface area contributed by atoms with E-state index in [4.69, 9.17) is 0 Å². The summed E-state index contributed by atoms with van der Waals surface area (Å²) in [6.45, 7) is 2.12. The quantitative estimate of drug-likeness (QED) is 0.542. The molecule has 2 aliphatic heterocycles. The lowest BCUT2D eigenvalue weighted by atomic mass is 9.58. The molecule has 2 aliphatic carbocycles. The Kier molecular flexibility index (Phi) is 4.68. The van der Waals surface area contributed by atoms with Crippen LogP contribution in [0.15, 0.2) is 41.9 Å². The average molecular weight is 449 g/mol. The number of carbonyl (C=O) groups excluding carboxylic acids is 1. The minimum Gasteiger partial charge on any atom is -0.481 e. The van der Waals surface area contributed by atoms with E-state index in [1.165, 1.54) is 15.8 Å². The second-order valence-electron chi connectivity index (χ2n) is 10.0. The van der Waals surface area contributed by atoms with Crippen LogP contribution in [-0.2, 0) is 9.59 Å². The number of carboxylic acid groups (broad SMARTS) is 1. The van der Waals surface area contributed by atoms with Crippen LogP contribution in [-0.4, -0.2) is 39.0 Å². The van der Waals surface area contributed by atoms with E-state index in [1.807, 2.05) is 11.1 Å². The van der Waals surface area contributed by atoms with Crippen molar-refractivity contribution < 1.29 is 14.7 Å². The van der Waals surface area contributed by atoms with Gasteiger partial charge in [-0.1, -0.05) is 25.1 Å². The zero-order valence-corrected chi connectivity index (χ0v) is 19.0. The van der Waals surface area contributed by atoms with Crippen molar-refractivity contribution in [3.05, 3.63) is 47.5 Å². The maximum absolute atomic E-state index is 13.6. The molecule has 2 N–H and O–H groups in total. The molecule has 4 fully saturated rings. The summed E-state index contributed by atoms with van der Waals surface area (Å²) in [4.78, 5) is 32.2. The van der Waals surface area contributed by atoms with Crippen molar-refractivity contribution >= 4 is 34.1 Å². The number of carboxylic acids is 1. The summed E-state index contributed by atoms with van der Waals surface area (Å²) in [6, 6.07) is 10.6. The fourth-order valence-electron chi connectivity index (χ4n) is 6.99. The fourth-order valence-corrected chi connectivity index (χ4v) is 7.75. The smallest absolute Gasteiger partial charge is 0.308 e. The molecule has 6 unspecified atom stereocenters. The number of aromatic amines is 1. The lowest BCUT2D eigenvalue weighted by Crippen LogP contribution is -2.65. The van der Waals surface area contributed by atoms with E-state index in [1.54, 1.807) is 11.3 Å². The summed E-state index contributed by atoms with van der Waals surface area (Å²) in [5.74, 6) is -0.0815. The molecule has 4 aliphatic rings. The number of aliphatic carboxylic acids is 1. The highest BCUT2D eigenvalue weighted by Crippen LogP contribution is 2.52. The number of thiophene rings is 1. The van der Waals surface area contributed by atoms with Crippen molar-refractivity contribution in [3.63, 3.8) is 0 Å². The molecule has 166 valence electrons. The van der Waals surface area contributed by atoms with E-state index in [-0.39, 0.29) is 35.7 Å². The number of aromatic nitrogens is 1. The monoisotopic (exact) mass is 448 g/mol. The predicted molar refractivity (Wildman–Crippen MR) is 126 cm³/mol. The molecule has 0 radical (unpaired) electrons. The Morgan fingerprint density at radius 2 is 2.06 bits per heavy atom. The number of carbonyl (C=O) groups is 2. The van der Waals surface area contributed by atoms with Crippen molar-refractivity contribution in [1.29, 1.82) is 0 Å². The van der Waals surface area contributed by atoms with E-state index >= 15 is 0 Å². The van der Waals surface area contributed by atoms with Crippen LogP contribution in [0.4, 0.5) is 0 Å². The molecule has 7 rings (SSSR count). The van der Waals surface area contributed by atoms with Gasteiger partial charge in [0.05, 0.1) is 5.92 Å². The number of nitrogens with zero attached hydrogens (tertiary/aromatic N) is 1. The van der Waals surface area contributed by atoms with Crippen LogP contribution < -0.4 is 0 Å². The summed E-state index contributed by atoms with van der Waals surface area (Å²) < 4.78 is 0. The zero-order chi connectivity index (χ0) is 22.0. The summed E-state index contributed by atoms with van der Waals surface area (Å²) in [5.41, 5.74) is 3.46. The van der Waals surface area contributed by atoms with Gasteiger partial charge in [-0.2, -0.15) is 0 Å². The topological polar surface area (TPSA) is 73.4 Å². The molecule has 1 aromatic carbocycles. The van der Waals surface area contributed by atoms with Crippen LogP contribution >= 0.6 is 11.3 Å². The van der Waals surface area contributed by atoms with Crippen molar-refractivity contribution in [2.45, 2.75) is 57.0 Å². The third-order valence-corrected chi connectivity index (χ3v) is 9.08. The van der Waals surface area contributed by atoms with Gasteiger partial charge in [-0.15, -0.1) is 11.3 Å². The second-order valence-corrected chi connectivity index (χ2v) is 11.0. The number of H-pyrrole nitrogens is 1. The normalized spacial score (nSPS) is 29.5. The molecule has 2 saturated heterocycles. The van der Waals surface area contributed by atoms with Crippen LogP contribution in [0, 0.1) is 17.8 Å². The lowest BCUT2D eigenvalue weighted by molar-refractivity contribution is -0.171. The lowest BCUT2D eigenvalue weighted by Gasteiger charge is -2.59. The molecule has 4 bridgehead atoms. The minimum atomic E-state index is -0.720. The van der Waals surface area contributed by atoms with E-state index in [0.717, 1.165) is 36.8 Å². The van der Waals surface area contributed by atoms with Crippen molar-refractivity contribution in [2.75, 3.05) is 0 Å². The van der Waals surface area contributed by atoms with Gasteiger partial charge in [0.2, 0.25) is 5.91 Å². The number of amides is 1. The Hall–Kier alpha value is -2.60. The van der Waals surface area contributed by atoms with Gasteiger partial charge in [0.15, 0.2) is 0 Å². The highest BCUT2D eigenvalue weighted by atomic mass is 32.1. The van der Waals surface area contributed by atoms with Crippen LogP contribution in [0.1, 0.15) is 50.5 Å². The number of nitrogens with one attached hydrogen (secondary N) is 1. The van der Waals surface area contributed by atoms with Gasteiger partial charge in [-0.05, 0) is 66.5 Å². The Labute approximate surface area is 191 Å². The van der Waals surface area contributed by atoms with Crippen LogP contribution in [0.5, 0.6) is 0 Å². The highest BCUT2D eigenvalue weighted by molar-refractivity contribution is 7.13. The first-order chi connectivity index (χ1) is 15.5. The van der Waals surface area contributed by atoms with Gasteiger partial charge < -0.3 is 15.0 Å². The van der Waals surface area contributed by atoms with Crippen LogP contribution in [0.2, 0.25) is 0 Å². The van der Waals surface area contributed by atoms with Gasteiger partial charge in [0, 0.05) is 46.0 Å². The van der Waals surface area contributed by atoms with Crippen molar-refractivity contribution in [1.82, 2.24) is 9.88 Å². The zero-order valence-electron chi connectivity index (χ0n) is 18.2. The number of hydrogen-bond donors (Lipinski definition) is 2. The molecular weight excluding hydrogens is 420 g/mol. The number of rotatable bonds is 5. The molecule has 0 spiro atoms. The van der Waals surface area contributed by atoms with Gasteiger partial charge in [-0.3, -0.25) is 9.59 Å². The fraction of sp³-hybridized carbons (Fsp3) is 0.462. The molecular formula is C26H28N2O3S. The van der Waals surface area contributed by atoms with Gasteiger partial charge in [0.25, 0.3) is 0 Å². The first-order valence-electron chi connectivity index (χ1n) is 11.7. The molecule has 6 heteroatoms. The van der Waals surface area contributed by atoms with Crippen molar-refractivity contribution in [2.24, 2.45) is 17.8 Å². The SMILES string of the molecule is CC(CC(=O)N1C2CC3CC(C2)C(C(=O)O)C1C3)c1c[nH]c2cccc(-c3cccs3)c12. The Morgan fingerprint density at radius 1 is 1.19 bits per heavy atom. The van der Waals surface area contributed by atoms with Crippen LogP contribution in [0.25, 0.3) is 21.3 Å². The van der Waals surface area contributed by atoms with Gasteiger partial charge in [-0.25, -0.2) is 0 Å². The third-order valence-electron chi connectivity index (χ3n) is 8.17. The molecule has 2 aromatic heterocycles. The number of piperidine rings is 2. The Morgan fingerprint density at radius 3 is 2.84 bits per heavy atom. The Balaban J connectivity index is 1.29. The first-order valence-corrected chi connectivity index (χ1v) is 12.6. The number of hydrogen-bond acceptors (Lipinski definition) is 3. The van der Waals surface area contributed by atoms with Gasteiger partial charge >= 0.3 is 5.97 Å². The standard InChI is InChI=1S/C26H28N2O3S/c1-14(19-13-27-20-5-2-4-18(25(19)20)22-6-3-7-32-22)8-23(29)28-17-10-15-9-16(12-17)24(26(30)31)21(28)11-15/h2-7,13-17,21,24,27H,8-12H2,1H3,(H,30,31). The largest absolute Gasteiger partial charge is 0.481 e. The molecule has 2 saturated carbocycles. The number of benzene rings is 1. The first kappa shape index (κ1) is 20.0. The summed E-state index contributed by atoms with van der Waals surface area (Å²) >= 11 is 1.72. The molecule has 1 amide bonds. The van der Waals surface area contributed by atoms with Crippen molar-refractivity contribution in [3.8, 4) is 10.4 Å². The second kappa shape index (κ2) is 7.48. The maximum atomic E-state index is 13.6. The molecule has 5 nitrogen and oxygen atoms in total. The number of fused-ring (bicyclic) bond motifs is 1. The van der Waals surface area contributed by atoms with E-state index < -0.39 is 5.97 Å². The minimum absolute atomic E-state index is 0.0535. The summed E-state index contributed by atoms with van der Waals surface area (Å²) in [6.07, 6.45) is 6.27. The third kappa shape index (κ3) is 3.03. The summed E-state index contributed by atoms with van der Waals surface area (Å²) in [7, 11) is 0.